The number of H-pyrrole nitrogens is 1. The van der Waals surface area contributed by atoms with Crippen LogP contribution in [-0.4, -0.2) is 93.2 Å². The van der Waals surface area contributed by atoms with E-state index in [1.165, 1.54) is 12.7 Å². The lowest BCUT2D eigenvalue weighted by Gasteiger charge is -2.30. The van der Waals surface area contributed by atoms with Gasteiger partial charge < -0.3 is 35.1 Å². The van der Waals surface area contributed by atoms with Gasteiger partial charge in [0.1, 0.15) is 47.6 Å². The van der Waals surface area contributed by atoms with Gasteiger partial charge in [0.15, 0.2) is 17.0 Å². The minimum absolute atomic E-state index is 0.0309. The van der Waals surface area contributed by atoms with Gasteiger partial charge in [0, 0.05) is 11.3 Å². The topological polar surface area (TPSA) is 269 Å². The minimum Gasteiger partial charge on any atom is -0.396 e. The summed E-state index contributed by atoms with van der Waals surface area (Å²) in [6, 6.07) is -0.732. The number of fused-ring (bicyclic) bond motifs is 4. The van der Waals surface area contributed by atoms with Crippen LogP contribution in [0.2, 0.25) is 0 Å². The number of thiol groups is 1. The number of rotatable bonds is 3. The smallest absolute Gasteiger partial charge is 0.396 e. The lowest BCUT2D eigenvalue weighted by Crippen LogP contribution is -2.37. The molecule has 2 saturated heterocycles. The van der Waals surface area contributed by atoms with Gasteiger partial charge in [0.25, 0.3) is 5.56 Å². The highest BCUT2D eigenvalue weighted by atomic mass is 32.7. The molecule has 0 amide bonds. The van der Waals surface area contributed by atoms with Crippen molar-refractivity contribution in [3.63, 3.8) is 0 Å². The molecule has 47 heavy (non-hydrogen) atoms. The Bertz CT molecular complexity index is 2060. The summed E-state index contributed by atoms with van der Waals surface area (Å²) in [5, 5.41) is 22.0. The molecular weight excluding hydrogens is 702 g/mol. The number of nitrogens with two attached hydrogens (primary N) is 1. The van der Waals surface area contributed by atoms with Crippen LogP contribution in [0.25, 0.3) is 22.2 Å². The predicted octanol–water partition coefficient (Wildman–Crippen LogP) is 1.04. The van der Waals surface area contributed by atoms with Crippen molar-refractivity contribution in [2.45, 2.75) is 49.9 Å². The zero-order chi connectivity index (χ0) is 33.0. The Morgan fingerprint density at radius 2 is 2.02 bits per heavy atom. The molecule has 11 atom stereocenters. The van der Waals surface area contributed by atoms with Gasteiger partial charge in [-0.25, -0.2) is 29.1 Å². The Hall–Kier alpha value is -2.39. The molecule has 4 aromatic heterocycles. The van der Waals surface area contributed by atoms with Gasteiger partial charge in [0.2, 0.25) is 0 Å². The first kappa shape index (κ1) is 31.9. The van der Waals surface area contributed by atoms with Crippen molar-refractivity contribution in [2.75, 3.05) is 25.6 Å². The monoisotopic (exact) mass is 730 g/mol. The quantitative estimate of drug-likeness (QED) is 0.127. The SMILES string of the molecule is Cc1nc2c([C@@H]3O[C@@H]4COP(=O)(S)O[C@H]5[C@@H](O)[C@H](n6cnc7c(N)ncnc76)[C@H]6CC65COP(=O)(O)O[C@@H]3[C@@H]4CO)snc2c(=O)[nH]1. The first-order chi connectivity index (χ1) is 22.3. The lowest BCUT2D eigenvalue weighted by atomic mass is 9.96. The summed E-state index contributed by atoms with van der Waals surface area (Å²) in [5.74, 6) is -0.971. The third-order valence-electron chi connectivity index (χ3n) is 9.40. The number of aliphatic hydroxyl groups excluding tert-OH is 2. The van der Waals surface area contributed by atoms with Crippen LogP contribution >= 0.6 is 38.4 Å². The summed E-state index contributed by atoms with van der Waals surface area (Å²) in [6.45, 7) is -4.18. The van der Waals surface area contributed by atoms with Gasteiger partial charge in [-0.3, -0.25) is 22.9 Å². The Balaban J connectivity index is 1.15. The highest BCUT2D eigenvalue weighted by Gasteiger charge is 2.74. The van der Waals surface area contributed by atoms with E-state index in [9.17, 15) is 29.0 Å². The molecule has 252 valence electrons. The average Bonchev–Trinajstić information content (AvgIpc) is 3.30. The third-order valence-corrected chi connectivity index (χ3v) is 12.9. The Kier molecular flexibility index (Phi) is 7.50. The molecule has 2 saturated carbocycles. The van der Waals surface area contributed by atoms with Crippen LogP contribution in [0.5, 0.6) is 0 Å². The number of aryl methyl sites for hydroxylation is 1. The van der Waals surface area contributed by atoms with Crippen LogP contribution in [0.3, 0.4) is 0 Å². The Morgan fingerprint density at radius 1 is 1.21 bits per heavy atom. The maximum Gasteiger partial charge on any atom is 0.472 e. The number of hydrogen-bond donors (Lipinski definition) is 6. The van der Waals surface area contributed by atoms with E-state index in [-0.39, 0.29) is 16.9 Å². The fraction of sp³-hybridized carbons (Fsp3) is 0.583. The number of aromatic amines is 1. The number of nitrogens with zero attached hydrogens (tertiary/aromatic N) is 6. The maximum atomic E-state index is 13.7. The van der Waals surface area contributed by atoms with Crippen molar-refractivity contribution >= 4 is 66.4 Å². The molecule has 0 radical (unpaired) electrons. The van der Waals surface area contributed by atoms with Crippen molar-refractivity contribution in [3.05, 3.63) is 33.7 Å². The van der Waals surface area contributed by atoms with Gasteiger partial charge in [-0.2, -0.15) is 4.37 Å². The van der Waals surface area contributed by atoms with Gasteiger partial charge in [0.05, 0.1) is 43.2 Å². The number of phosphoric acid groups is 1. The first-order valence-electron chi connectivity index (χ1n) is 14.4. The molecule has 4 fully saturated rings. The van der Waals surface area contributed by atoms with Crippen LogP contribution in [-0.2, 0) is 32.0 Å². The van der Waals surface area contributed by atoms with Crippen molar-refractivity contribution in [2.24, 2.45) is 17.3 Å². The second kappa shape index (κ2) is 11.1. The third kappa shape index (κ3) is 5.11. The van der Waals surface area contributed by atoms with Gasteiger partial charge in [-0.15, -0.1) is 0 Å². The molecule has 2 bridgehead atoms. The number of ether oxygens (including phenoxy) is 1. The highest BCUT2D eigenvalue weighted by molar-refractivity contribution is 8.44. The van der Waals surface area contributed by atoms with E-state index in [4.69, 9.17) is 28.6 Å². The number of nitrogens with one attached hydrogen (secondary N) is 1. The summed E-state index contributed by atoms with van der Waals surface area (Å²) in [4.78, 5) is 43.3. The molecule has 6 N–H and O–H groups in total. The molecule has 8 rings (SSSR count). The molecule has 3 unspecified atom stereocenters. The Morgan fingerprint density at radius 3 is 2.81 bits per heavy atom. The average molecular weight is 731 g/mol. The largest absolute Gasteiger partial charge is 0.472 e. The van der Waals surface area contributed by atoms with E-state index in [1.54, 1.807) is 11.5 Å². The zero-order valence-electron chi connectivity index (χ0n) is 24.2. The van der Waals surface area contributed by atoms with E-state index in [0.717, 1.165) is 11.5 Å². The molecule has 2 aliphatic carbocycles. The van der Waals surface area contributed by atoms with Crippen LogP contribution in [0.4, 0.5) is 5.82 Å². The first-order valence-corrected chi connectivity index (χ1v) is 19.3. The van der Waals surface area contributed by atoms with E-state index in [1.807, 2.05) is 0 Å². The van der Waals surface area contributed by atoms with Crippen molar-refractivity contribution < 1.29 is 47.1 Å². The number of nitrogen functional groups attached to an aromatic ring is 1. The maximum absolute atomic E-state index is 13.7. The van der Waals surface area contributed by atoms with Crippen molar-refractivity contribution in [1.82, 2.24) is 33.9 Å². The fourth-order valence-corrected chi connectivity index (χ4v) is 10.6. The van der Waals surface area contributed by atoms with Crippen LogP contribution in [0.1, 0.15) is 29.3 Å². The number of phosphoric ester groups is 1. The van der Waals surface area contributed by atoms with Crippen LogP contribution < -0.4 is 11.3 Å². The van der Waals surface area contributed by atoms with E-state index < -0.39 is 93.8 Å². The molecule has 1 spiro atoms. The number of imidazole rings is 1. The second-order valence-corrected chi connectivity index (χ2v) is 17.1. The number of anilines is 1. The summed E-state index contributed by atoms with van der Waals surface area (Å²) in [6.07, 6.45) is -3.06. The molecule has 0 aromatic carbocycles. The van der Waals surface area contributed by atoms with Gasteiger partial charge >= 0.3 is 14.6 Å². The highest BCUT2D eigenvalue weighted by Crippen LogP contribution is 2.73. The molecular formula is C24H28N8O11P2S2. The van der Waals surface area contributed by atoms with Gasteiger partial charge in [-0.1, -0.05) is 12.2 Å². The van der Waals surface area contributed by atoms with E-state index >= 15 is 0 Å². The van der Waals surface area contributed by atoms with E-state index in [2.05, 4.69) is 41.5 Å². The number of aliphatic hydroxyl groups is 2. The van der Waals surface area contributed by atoms with Crippen LogP contribution in [0, 0.1) is 24.2 Å². The normalized spacial score (nSPS) is 40.4. The standard InChI is InChI=1S/C24H28N8O11P2S2/c1-8-29-12-13(23(35)30-8)31-47-19(12)18-17-9(3-33)11(41-18)4-39-45(38,46)43-20-16(34)15(10-2-24(10,20)5-40-44(36,37)42-17)32-7-28-14-21(25)26-6-27-22(14)32/h6-7,9-11,15-18,20,33-34H,2-5H2,1H3,(H,36,37)(H,38,46)(H2,25,26,27)(H,29,30,35)/t9-,10-,11-,15-,16+,17-,18-,20+,24?,45?/m1/s1. The molecule has 2 aliphatic heterocycles. The molecule has 4 aliphatic rings. The number of hydrogen-bond acceptors (Lipinski definition) is 17. The minimum atomic E-state index is -4.93. The zero-order valence-corrected chi connectivity index (χ0v) is 27.7. The van der Waals surface area contributed by atoms with Crippen molar-refractivity contribution in [3.8, 4) is 0 Å². The van der Waals surface area contributed by atoms with E-state index in [0.29, 0.717) is 28.3 Å². The Labute approximate surface area is 273 Å². The molecule has 4 aromatic rings. The summed E-state index contributed by atoms with van der Waals surface area (Å²) < 4.78 is 62.2. The van der Waals surface area contributed by atoms with Gasteiger partial charge in [-0.05, 0) is 30.8 Å². The summed E-state index contributed by atoms with van der Waals surface area (Å²) >= 11 is 5.07. The molecule has 19 nitrogen and oxygen atoms in total. The summed E-state index contributed by atoms with van der Waals surface area (Å²) in [7, 11) is -4.93. The second-order valence-electron chi connectivity index (χ2n) is 12.0. The molecule has 6 heterocycles. The summed E-state index contributed by atoms with van der Waals surface area (Å²) in [5.41, 5.74) is 5.24. The van der Waals surface area contributed by atoms with Crippen molar-refractivity contribution in [1.29, 1.82) is 0 Å². The fourth-order valence-electron chi connectivity index (χ4n) is 7.18. The lowest BCUT2D eigenvalue weighted by molar-refractivity contribution is -0.0378. The van der Waals surface area contributed by atoms with Crippen LogP contribution in [0.15, 0.2) is 17.4 Å². The predicted molar refractivity (Wildman–Crippen MR) is 164 cm³/mol. The molecule has 23 heteroatoms. The number of aromatic nitrogens is 7.